The molecule has 0 fully saturated rings. The zero-order valence-corrected chi connectivity index (χ0v) is 8.81. The first-order valence-corrected chi connectivity index (χ1v) is 5.24. The lowest BCUT2D eigenvalue weighted by Gasteiger charge is -2.11. The van der Waals surface area contributed by atoms with Crippen LogP contribution in [0.3, 0.4) is 0 Å². The van der Waals surface area contributed by atoms with Gasteiger partial charge >= 0.3 is 0 Å². The van der Waals surface area contributed by atoms with Gasteiger partial charge in [-0.3, -0.25) is 5.84 Å². The summed E-state index contributed by atoms with van der Waals surface area (Å²) in [5.41, 5.74) is 3.72. The number of hydrazine groups is 1. The van der Waals surface area contributed by atoms with E-state index in [4.69, 9.17) is 21.9 Å². The molecule has 74 valence electrons. The summed E-state index contributed by atoms with van der Waals surface area (Å²) in [6.45, 7) is 0. The molecule has 14 heavy (non-hydrogen) atoms. The number of halogens is 1. The van der Waals surface area contributed by atoms with Gasteiger partial charge in [0, 0.05) is 10.4 Å². The van der Waals surface area contributed by atoms with E-state index in [-0.39, 0.29) is 6.04 Å². The summed E-state index contributed by atoms with van der Waals surface area (Å²) in [4.78, 5) is 1.07. The highest BCUT2D eigenvalue weighted by Gasteiger charge is 2.15. The van der Waals surface area contributed by atoms with Crippen LogP contribution in [0.4, 0.5) is 0 Å². The molecule has 3 N–H and O–H groups in total. The van der Waals surface area contributed by atoms with Crippen molar-refractivity contribution in [3.8, 4) is 0 Å². The normalized spacial score (nSPS) is 13.0. The number of nitrogens with one attached hydrogen (secondary N) is 1. The molecule has 0 aliphatic heterocycles. The Morgan fingerprint density at radius 3 is 2.79 bits per heavy atom. The number of hydrogen-bond acceptors (Lipinski definition) is 4. The second kappa shape index (κ2) is 4.14. The van der Waals surface area contributed by atoms with E-state index in [1.807, 2.05) is 18.2 Å². The Labute approximate surface area is 90.5 Å². The molecule has 2 heterocycles. The molecule has 0 aromatic carbocycles. The Balaban J connectivity index is 2.31. The maximum atomic E-state index is 5.85. The molecule has 1 atom stereocenters. The molecule has 1 unspecified atom stereocenters. The number of hydrogen-bond donors (Lipinski definition) is 2. The largest absolute Gasteiger partial charge is 0.472 e. The van der Waals surface area contributed by atoms with Crippen LogP contribution in [0.2, 0.25) is 4.34 Å². The van der Waals surface area contributed by atoms with E-state index >= 15 is 0 Å². The first-order valence-electron chi connectivity index (χ1n) is 4.04. The third-order valence-corrected chi connectivity index (χ3v) is 3.22. The maximum absolute atomic E-state index is 5.85. The fourth-order valence-corrected chi connectivity index (χ4v) is 2.41. The average Bonchev–Trinajstić information content (AvgIpc) is 2.79. The topological polar surface area (TPSA) is 51.2 Å². The van der Waals surface area contributed by atoms with Gasteiger partial charge in [0.2, 0.25) is 0 Å². The van der Waals surface area contributed by atoms with Gasteiger partial charge in [-0.15, -0.1) is 11.3 Å². The van der Waals surface area contributed by atoms with Gasteiger partial charge in [-0.2, -0.15) is 0 Å². The summed E-state index contributed by atoms with van der Waals surface area (Å²) in [6, 6.07) is 5.63. The molecule has 3 nitrogen and oxygen atoms in total. The van der Waals surface area contributed by atoms with Crippen molar-refractivity contribution in [3.05, 3.63) is 45.5 Å². The Morgan fingerprint density at radius 2 is 2.29 bits per heavy atom. The van der Waals surface area contributed by atoms with Crippen LogP contribution in [-0.4, -0.2) is 0 Å². The lowest BCUT2D eigenvalue weighted by molar-refractivity contribution is 0.554. The van der Waals surface area contributed by atoms with Crippen LogP contribution >= 0.6 is 22.9 Å². The van der Waals surface area contributed by atoms with Crippen molar-refractivity contribution in [1.82, 2.24) is 5.43 Å². The molecule has 0 radical (unpaired) electrons. The Kier molecular flexibility index (Phi) is 2.88. The van der Waals surface area contributed by atoms with Crippen molar-refractivity contribution in [2.45, 2.75) is 6.04 Å². The predicted molar refractivity (Wildman–Crippen MR) is 57.2 cm³/mol. The van der Waals surface area contributed by atoms with Crippen LogP contribution in [0.15, 0.2) is 35.1 Å². The van der Waals surface area contributed by atoms with E-state index in [0.717, 1.165) is 14.8 Å². The van der Waals surface area contributed by atoms with Crippen LogP contribution in [0.5, 0.6) is 0 Å². The fourth-order valence-electron chi connectivity index (χ4n) is 1.27. The molecule has 2 aromatic heterocycles. The Hall–Kier alpha value is -0.810. The highest BCUT2D eigenvalue weighted by molar-refractivity contribution is 7.16. The molecule has 2 aromatic rings. The first-order chi connectivity index (χ1) is 6.81. The smallest absolute Gasteiger partial charge is 0.0954 e. The van der Waals surface area contributed by atoms with Gasteiger partial charge in [0.1, 0.15) is 0 Å². The lowest BCUT2D eigenvalue weighted by atomic mass is 10.1. The molecular formula is C9H9ClN2OS. The third-order valence-electron chi connectivity index (χ3n) is 1.92. The first kappa shape index (κ1) is 9.73. The summed E-state index contributed by atoms with van der Waals surface area (Å²) < 4.78 is 5.76. The van der Waals surface area contributed by atoms with Gasteiger partial charge in [-0.25, -0.2) is 5.43 Å². The van der Waals surface area contributed by atoms with Crippen LogP contribution in [-0.2, 0) is 0 Å². The molecule has 0 bridgehead atoms. The SMILES string of the molecule is NNC(c1ccoc1)c1ccc(Cl)s1. The molecule has 5 heteroatoms. The van der Waals surface area contributed by atoms with E-state index in [0.29, 0.717) is 0 Å². The van der Waals surface area contributed by atoms with Crippen molar-refractivity contribution >= 4 is 22.9 Å². The summed E-state index contributed by atoms with van der Waals surface area (Å²) in [7, 11) is 0. The Morgan fingerprint density at radius 1 is 1.43 bits per heavy atom. The van der Waals surface area contributed by atoms with Crippen LogP contribution in [0.1, 0.15) is 16.5 Å². The number of furan rings is 1. The molecule has 0 aliphatic rings. The van der Waals surface area contributed by atoms with Gasteiger partial charge < -0.3 is 4.42 Å². The second-order valence-electron chi connectivity index (χ2n) is 2.80. The van der Waals surface area contributed by atoms with Crippen molar-refractivity contribution in [2.24, 2.45) is 5.84 Å². The highest BCUT2D eigenvalue weighted by atomic mass is 35.5. The summed E-state index contributed by atoms with van der Waals surface area (Å²) in [5, 5.41) is 0. The van der Waals surface area contributed by atoms with E-state index < -0.39 is 0 Å². The molecule has 2 rings (SSSR count). The standard InChI is InChI=1S/C9H9ClN2OS/c10-8-2-1-7(14-8)9(12-11)6-3-4-13-5-6/h1-5,9,12H,11H2. The van der Waals surface area contributed by atoms with Crippen LogP contribution in [0, 0.1) is 0 Å². The number of nitrogens with two attached hydrogens (primary N) is 1. The van der Waals surface area contributed by atoms with Crippen molar-refractivity contribution in [1.29, 1.82) is 0 Å². The highest BCUT2D eigenvalue weighted by Crippen LogP contribution is 2.30. The second-order valence-corrected chi connectivity index (χ2v) is 4.54. The maximum Gasteiger partial charge on any atom is 0.0954 e. The molecular weight excluding hydrogens is 220 g/mol. The summed E-state index contributed by atoms with van der Waals surface area (Å²) in [6.07, 6.45) is 3.28. The molecule has 0 aliphatic carbocycles. The van der Waals surface area contributed by atoms with Crippen LogP contribution in [0.25, 0.3) is 0 Å². The molecule has 0 saturated carbocycles. The van der Waals surface area contributed by atoms with E-state index in [1.54, 1.807) is 12.5 Å². The van der Waals surface area contributed by atoms with Crippen molar-refractivity contribution in [2.75, 3.05) is 0 Å². The van der Waals surface area contributed by atoms with Crippen molar-refractivity contribution < 1.29 is 4.42 Å². The monoisotopic (exact) mass is 228 g/mol. The average molecular weight is 229 g/mol. The molecule has 0 spiro atoms. The molecule has 0 saturated heterocycles. The zero-order chi connectivity index (χ0) is 9.97. The van der Waals surface area contributed by atoms with Crippen LogP contribution < -0.4 is 11.3 Å². The summed E-state index contributed by atoms with van der Waals surface area (Å²) in [5.74, 6) is 5.48. The van der Waals surface area contributed by atoms with Gasteiger partial charge in [-0.1, -0.05) is 11.6 Å². The number of rotatable bonds is 3. The summed E-state index contributed by atoms with van der Waals surface area (Å²) >= 11 is 7.35. The Bertz CT molecular complexity index is 399. The molecule has 0 amide bonds. The lowest BCUT2D eigenvalue weighted by Crippen LogP contribution is -2.27. The predicted octanol–water partition coefficient (Wildman–Crippen LogP) is 2.55. The van der Waals surface area contributed by atoms with Gasteiger partial charge in [-0.05, 0) is 18.2 Å². The van der Waals surface area contributed by atoms with E-state index in [9.17, 15) is 0 Å². The number of thiophene rings is 1. The third kappa shape index (κ3) is 1.83. The fraction of sp³-hybridized carbons (Fsp3) is 0.111. The van der Waals surface area contributed by atoms with Gasteiger partial charge in [0.15, 0.2) is 0 Å². The van der Waals surface area contributed by atoms with E-state index in [2.05, 4.69) is 5.43 Å². The minimum Gasteiger partial charge on any atom is -0.472 e. The van der Waals surface area contributed by atoms with Gasteiger partial charge in [0.25, 0.3) is 0 Å². The zero-order valence-electron chi connectivity index (χ0n) is 7.24. The minimum atomic E-state index is -0.0498. The quantitative estimate of drug-likeness (QED) is 0.627. The van der Waals surface area contributed by atoms with Crippen molar-refractivity contribution in [3.63, 3.8) is 0 Å². The van der Waals surface area contributed by atoms with Gasteiger partial charge in [0.05, 0.1) is 22.9 Å². The van der Waals surface area contributed by atoms with E-state index in [1.165, 1.54) is 11.3 Å². The minimum absolute atomic E-state index is 0.0498.